The molecule has 0 aliphatic heterocycles. The largest absolute Gasteiger partial charge is 0.469 e. The average Bonchev–Trinajstić information content (AvgIpc) is 2.36. The van der Waals surface area contributed by atoms with Crippen LogP contribution in [-0.2, 0) is 21.3 Å². The summed E-state index contributed by atoms with van der Waals surface area (Å²) in [4.78, 5) is 11.4. The van der Waals surface area contributed by atoms with E-state index in [0.29, 0.717) is 0 Å². The molecule has 19 heavy (non-hydrogen) atoms. The highest BCUT2D eigenvalue weighted by molar-refractivity contribution is 5.73. The average molecular weight is 276 g/mol. The van der Waals surface area contributed by atoms with Gasteiger partial charge >= 0.3 is 12.1 Å². The van der Waals surface area contributed by atoms with Crippen LogP contribution in [0.3, 0.4) is 0 Å². The van der Waals surface area contributed by atoms with E-state index in [9.17, 15) is 23.1 Å². The zero-order valence-electron chi connectivity index (χ0n) is 10.8. The Hall–Kier alpha value is -1.56. The summed E-state index contributed by atoms with van der Waals surface area (Å²) in [6.07, 6.45) is -4.43. The van der Waals surface area contributed by atoms with Crippen LogP contribution in [0.5, 0.6) is 0 Å². The van der Waals surface area contributed by atoms with E-state index in [4.69, 9.17) is 0 Å². The molecule has 0 aliphatic carbocycles. The van der Waals surface area contributed by atoms with Gasteiger partial charge in [-0.25, -0.2) is 0 Å². The summed E-state index contributed by atoms with van der Waals surface area (Å²) < 4.78 is 41.8. The fourth-order valence-corrected chi connectivity index (χ4v) is 1.65. The molecule has 0 aliphatic rings. The van der Waals surface area contributed by atoms with Crippen LogP contribution in [0.1, 0.15) is 25.0 Å². The van der Waals surface area contributed by atoms with Gasteiger partial charge < -0.3 is 9.84 Å². The summed E-state index contributed by atoms with van der Waals surface area (Å²) in [5, 5.41) is 10.3. The number of ether oxygens (including phenoxy) is 1. The van der Waals surface area contributed by atoms with E-state index in [-0.39, 0.29) is 5.56 Å². The predicted molar refractivity (Wildman–Crippen MR) is 62.2 cm³/mol. The van der Waals surface area contributed by atoms with Crippen LogP contribution in [0.4, 0.5) is 13.2 Å². The molecule has 1 aromatic rings. The van der Waals surface area contributed by atoms with Crippen molar-refractivity contribution >= 4 is 5.97 Å². The number of hydrogen-bond acceptors (Lipinski definition) is 3. The third-order valence-electron chi connectivity index (χ3n) is 3.19. The molecule has 0 aromatic heterocycles. The van der Waals surface area contributed by atoms with Crippen molar-refractivity contribution in [2.75, 3.05) is 7.11 Å². The van der Waals surface area contributed by atoms with Crippen LogP contribution < -0.4 is 0 Å². The van der Waals surface area contributed by atoms with Gasteiger partial charge in [0.2, 0.25) is 0 Å². The number of esters is 1. The summed E-state index contributed by atoms with van der Waals surface area (Å²) in [6, 6.07) is 4.05. The SMILES string of the molecule is COC(=O)[C@H](C)[C@](C)(O)c1ccc(C(F)(F)F)cc1. The number of hydrogen-bond donors (Lipinski definition) is 1. The fourth-order valence-electron chi connectivity index (χ4n) is 1.65. The van der Waals surface area contributed by atoms with Crippen LogP contribution in [0.25, 0.3) is 0 Å². The lowest BCUT2D eigenvalue weighted by molar-refractivity contribution is -0.154. The van der Waals surface area contributed by atoms with Gasteiger partial charge in [-0.05, 0) is 31.5 Å². The van der Waals surface area contributed by atoms with Gasteiger partial charge in [-0.15, -0.1) is 0 Å². The van der Waals surface area contributed by atoms with E-state index in [0.717, 1.165) is 24.3 Å². The van der Waals surface area contributed by atoms with Crippen molar-refractivity contribution in [1.82, 2.24) is 0 Å². The van der Waals surface area contributed by atoms with Crippen molar-refractivity contribution in [2.24, 2.45) is 5.92 Å². The lowest BCUT2D eigenvalue weighted by atomic mass is 9.83. The van der Waals surface area contributed by atoms with E-state index >= 15 is 0 Å². The maximum absolute atomic E-state index is 12.4. The molecule has 1 aromatic carbocycles. The molecular formula is C13H15F3O3. The van der Waals surface area contributed by atoms with Gasteiger partial charge in [0.15, 0.2) is 0 Å². The van der Waals surface area contributed by atoms with E-state index < -0.39 is 29.2 Å². The molecule has 0 unspecified atom stereocenters. The van der Waals surface area contributed by atoms with Crippen molar-refractivity contribution in [3.05, 3.63) is 35.4 Å². The van der Waals surface area contributed by atoms with Gasteiger partial charge in [0.25, 0.3) is 0 Å². The van der Waals surface area contributed by atoms with E-state index in [1.807, 2.05) is 0 Å². The minimum Gasteiger partial charge on any atom is -0.469 e. The lowest BCUT2D eigenvalue weighted by Crippen LogP contribution is -2.36. The van der Waals surface area contributed by atoms with Crippen LogP contribution in [0.2, 0.25) is 0 Å². The van der Waals surface area contributed by atoms with Crippen molar-refractivity contribution in [3.8, 4) is 0 Å². The quantitative estimate of drug-likeness (QED) is 0.863. The van der Waals surface area contributed by atoms with Gasteiger partial charge in [-0.1, -0.05) is 12.1 Å². The molecule has 3 nitrogen and oxygen atoms in total. The third-order valence-corrected chi connectivity index (χ3v) is 3.19. The number of aliphatic hydroxyl groups is 1. The highest BCUT2D eigenvalue weighted by Crippen LogP contribution is 2.33. The summed E-state index contributed by atoms with van der Waals surface area (Å²) >= 11 is 0. The molecule has 0 bridgehead atoms. The number of benzene rings is 1. The first kappa shape index (κ1) is 15.5. The molecule has 0 heterocycles. The van der Waals surface area contributed by atoms with Crippen molar-refractivity contribution < 1.29 is 27.8 Å². The molecule has 0 fully saturated rings. The first-order valence-electron chi connectivity index (χ1n) is 5.58. The number of rotatable bonds is 3. The Kier molecular flexibility index (Phi) is 4.25. The number of carbonyl (C=O) groups excluding carboxylic acids is 1. The summed E-state index contributed by atoms with van der Waals surface area (Å²) in [7, 11) is 1.18. The Morgan fingerprint density at radius 3 is 2.00 bits per heavy atom. The molecule has 2 atom stereocenters. The van der Waals surface area contributed by atoms with Crippen LogP contribution >= 0.6 is 0 Å². The molecule has 1 rings (SSSR count). The molecule has 0 radical (unpaired) electrons. The first-order chi connectivity index (χ1) is 8.60. The molecule has 0 amide bonds. The number of alkyl halides is 3. The molecule has 0 saturated carbocycles. The third kappa shape index (κ3) is 3.26. The maximum atomic E-state index is 12.4. The Labute approximate surface area is 109 Å². The predicted octanol–water partition coefficient (Wildman–Crippen LogP) is 2.72. The second-order valence-electron chi connectivity index (χ2n) is 4.47. The normalized spacial score (nSPS) is 16.6. The van der Waals surface area contributed by atoms with E-state index in [1.165, 1.54) is 21.0 Å². The van der Waals surface area contributed by atoms with Crippen LogP contribution in [-0.4, -0.2) is 18.2 Å². The standard InChI is InChI=1S/C13H15F3O3/c1-8(11(17)19-3)12(2,18)9-4-6-10(7-5-9)13(14,15)16/h4-8,18H,1-3H3/t8-,12-/m0/s1. The number of halogens is 3. The highest BCUT2D eigenvalue weighted by Gasteiger charge is 2.37. The Morgan fingerprint density at radius 2 is 1.63 bits per heavy atom. The Bertz CT molecular complexity index is 449. The summed E-state index contributed by atoms with van der Waals surface area (Å²) in [6.45, 7) is 2.81. The lowest BCUT2D eigenvalue weighted by Gasteiger charge is -2.29. The Balaban J connectivity index is 3.06. The van der Waals surface area contributed by atoms with Crippen molar-refractivity contribution in [1.29, 1.82) is 0 Å². The minimum absolute atomic E-state index is 0.221. The fraction of sp³-hybridized carbons (Fsp3) is 0.462. The van der Waals surface area contributed by atoms with Gasteiger partial charge in [0.1, 0.15) is 0 Å². The molecule has 0 spiro atoms. The summed E-state index contributed by atoms with van der Waals surface area (Å²) in [5.41, 5.74) is -2.19. The van der Waals surface area contributed by atoms with Crippen molar-refractivity contribution in [2.45, 2.75) is 25.6 Å². The van der Waals surface area contributed by atoms with Crippen LogP contribution in [0.15, 0.2) is 24.3 Å². The highest BCUT2D eigenvalue weighted by atomic mass is 19.4. The van der Waals surface area contributed by atoms with Crippen LogP contribution in [0, 0.1) is 5.92 Å². The van der Waals surface area contributed by atoms with Gasteiger partial charge in [-0.2, -0.15) is 13.2 Å². The zero-order valence-corrected chi connectivity index (χ0v) is 10.8. The Morgan fingerprint density at radius 1 is 1.21 bits per heavy atom. The smallest absolute Gasteiger partial charge is 0.416 e. The zero-order chi connectivity index (χ0) is 14.8. The molecular weight excluding hydrogens is 261 g/mol. The summed E-state index contributed by atoms with van der Waals surface area (Å²) in [5.74, 6) is -1.53. The number of carbonyl (C=O) groups is 1. The molecule has 1 N–H and O–H groups in total. The second kappa shape index (κ2) is 5.21. The minimum atomic E-state index is -4.43. The van der Waals surface area contributed by atoms with Gasteiger partial charge in [-0.3, -0.25) is 4.79 Å². The first-order valence-corrected chi connectivity index (χ1v) is 5.58. The molecule has 6 heteroatoms. The van der Waals surface area contributed by atoms with E-state index in [2.05, 4.69) is 4.74 Å². The topological polar surface area (TPSA) is 46.5 Å². The number of methoxy groups -OCH3 is 1. The van der Waals surface area contributed by atoms with E-state index in [1.54, 1.807) is 0 Å². The monoisotopic (exact) mass is 276 g/mol. The van der Waals surface area contributed by atoms with Crippen molar-refractivity contribution in [3.63, 3.8) is 0 Å². The molecule has 106 valence electrons. The van der Waals surface area contributed by atoms with Gasteiger partial charge in [0.05, 0.1) is 24.2 Å². The maximum Gasteiger partial charge on any atom is 0.416 e. The second-order valence-corrected chi connectivity index (χ2v) is 4.47. The molecule has 0 saturated heterocycles. The van der Waals surface area contributed by atoms with Gasteiger partial charge in [0, 0.05) is 0 Å².